The number of fused-ring (bicyclic) bond motifs is 4. The van der Waals surface area contributed by atoms with Crippen LogP contribution in [0.3, 0.4) is 0 Å². The summed E-state index contributed by atoms with van der Waals surface area (Å²) in [5.41, 5.74) is 2.36. The van der Waals surface area contributed by atoms with Crippen LogP contribution in [0.25, 0.3) is 0 Å². The van der Waals surface area contributed by atoms with Crippen LogP contribution in [-0.2, 0) is 19.2 Å². The van der Waals surface area contributed by atoms with E-state index in [0.29, 0.717) is 16.7 Å². The van der Waals surface area contributed by atoms with Crippen LogP contribution in [0.1, 0.15) is 29.9 Å². The van der Waals surface area contributed by atoms with E-state index in [9.17, 15) is 44.4 Å². The van der Waals surface area contributed by atoms with Crippen LogP contribution in [0.15, 0.2) is 78.4 Å². The number of phenolic OH excluding ortho intramolecular Hbond substituents is 1. The van der Waals surface area contributed by atoms with Gasteiger partial charge < -0.3 is 25.2 Å². The summed E-state index contributed by atoms with van der Waals surface area (Å²) in [4.78, 5) is 58.5. The molecule has 0 radical (unpaired) electrons. The van der Waals surface area contributed by atoms with Crippen molar-refractivity contribution in [2.45, 2.75) is 25.7 Å². The minimum absolute atomic E-state index is 0.0196. The largest absolute Gasteiger partial charge is 0.507 e. The van der Waals surface area contributed by atoms with E-state index in [2.05, 4.69) is 0 Å². The maximum absolute atomic E-state index is 14.3. The highest BCUT2D eigenvalue weighted by atomic mass is 16.4. The molecule has 5 N–H and O–H groups in total. The zero-order chi connectivity index (χ0) is 32.6. The summed E-state index contributed by atoms with van der Waals surface area (Å²) in [5.74, 6) is -6.64. The van der Waals surface area contributed by atoms with Gasteiger partial charge in [-0.05, 0) is 66.4 Å². The molecule has 13 heteroatoms. The van der Waals surface area contributed by atoms with E-state index in [1.54, 1.807) is 31.2 Å². The van der Waals surface area contributed by atoms with Gasteiger partial charge in [0.25, 0.3) is 0 Å². The Morgan fingerprint density at radius 1 is 0.674 bits per heavy atom. The molecule has 2 saturated heterocycles. The summed E-state index contributed by atoms with van der Waals surface area (Å²) in [6.45, 7) is 1.73. The number of hydrogen-bond acceptors (Lipinski definition) is 9. The van der Waals surface area contributed by atoms with Gasteiger partial charge in [0.2, 0.25) is 23.6 Å². The van der Waals surface area contributed by atoms with Gasteiger partial charge in [0.1, 0.15) is 5.75 Å². The number of amides is 4. The molecule has 6 atom stereocenters. The van der Waals surface area contributed by atoms with Crippen LogP contribution < -0.4 is 20.7 Å². The van der Waals surface area contributed by atoms with E-state index in [-0.39, 0.29) is 40.9 Å². The highest BCUT2D eigenvalue weighted by molar-refractivity contribution is 6.59. The Morgan fingerprint density at radius 2 is 1.22 bits per heavy atom. The molecule has 4 aliphatic rings. The molecule has 7 rings (SSSR count). The SMILES string of the molecule is Cc1cccc(C2C3=CCC4C(=O)N(c5cccc(B(O)O)c5)C(=O)C4C3CC3C(=O)N(c4cccc(B(O)O)c4)C(=O)C32)c1O. The molecule has 11 nitrogen and oxygen atoms in total. The number of phenols is 1. The lowest BCUT2D eigenvalue weighted by Crippen LogP contribution is -2.43. The standard InChI is InChI=1S/C33H30B2N2O9/c1-16-5-2-10-22(29(16)38)26-21-11-12-23-27(32(41)36(30(23)39)19-8-3-6-17(13-19)34(43)44)24(21)15-25-28(26)33(42)37(31(25)40)20-9-4-7-18(14-20)35(45)46/h2-11,13-14,23-28,38,43-46H,12,15H2,1H3. The van der Waals surface area contributed by atoms with E-state index < -0.39 is 73.4 Å². The van der Waals surface area contributed by atoms with E-state index in [1.807, 2.05) is 6.08 Å². The van der Waals surface area contributed by atoms with Gasteiger partial charge >= 0.3 is 14.2 Å². The van der Waals surface area contributed by atoms with Crippen LogP contribution >= 0.6 is 0 Å². The average Bonchev–Trinajstić information content (AvgIpc) is 3.45. The predicted octanol–water partition coefficient (Wildman–Crippen LogP) is 0.105. The zero-order valence-electron chi connectivity index (χ0n) is 24.7. The minimum Gasteiger partial charge on any atom is -0.507 e. The van der Waals surface area contributed by atoms with Gasteiger partial charge in [-0.2, -0.15) is 0 Å². The van der Waals surface area contributed by atoms with E-state index in [0.717, 1.165) is 9.80 Å². The third-order valence-electron chi connectivity index (χ3n) is 10.1. The van der Waals surface area contributed by atoms with Gasteiger partial charge in [-0.15, -0.1) is 0 Å². The summed E-state index contributed by atoms with van der Waals surface area (Å²) in [6.07, 6.45) is 2.20. The number of benzene rings is 3. The van der Waals surface area contributed by atoms with Crippen molar-refractivity contribution < 1.29 is 44.4 Å². The first-order valence-electron chi connectivity index (χ1n) is 15.2. The van der Waals surface area contributed by atoms with Gasteiger partial charge in [0.15, 0.2) is 0 Å². The van der Waals surface area contributed by atoms with Gasteiger partial charge in [0.05, 0.1) is 35.0 Å². The van der Waals surface area contributed by atoms with Crippen LogP contribution in [0.2, 0.25) is 0 Å². The second-order valence-electron chi connectivity index (χ2n) is 12.5. The van der Waals surface area contributed by atoms with Crippen molar-refractivity contribution in [3.05, 3.63) is 89.5 Å². The Balaban J connectivity index is 1.33. The van der Waals surface area contributed by atoms with Crippen LogP contribution in [-0.4, -0.2) is 63.1 Å². The molecule has 2 aliphatic carbocycles. The lowest BCUT2D eigenvalue weighted by molar-refractivity contribution is -0.126. The average molecular weight is 620 g/mol. The number of rotatable bonds is 5. The lowest BCUT2D eigenvalue weighted by Gasteiger charge is -2.44. The Morgan fingerprint density at radius 3 is 1.80 bits per heavy atom. The maximum Gasteiger partial charge on any atom is 0.488 e. The topological polar surface area (TPSA) is 176 Å². The second kappa shape index (κ2) is 11.1. The molecule has 1 saturated carbocycles. The lowest BCUT2D eigenvalue weighted by atomic mass is 9.57. The number of para-hydroxylation sites is 1. The molecule has 2 heterocycles. The predicted molar refractivity (Wildman–Crippen MR) is 168 cm³/mol. The van der Waals surface area contributed by atoms with Gasteiger partial charge in [-0.3, -0.25) is 29.0 Å². The third-order valence-corrected chi connectivity index (χ3v) is 10.1. The highest BCUT2D eigenvalue weighted by Crippen LogP contribution is 2.59. The van der Waals surface area contributed by atoms with Crippen LogP contribution in [0.5, 0.6) is 5.75 Å². The number of hydrogen-bond donors (Lipinski definition) is 5. The first-order valence-corrected chi connectivity index (χ1v) is 15.2. The van der Waals surface area contributed by atoms with E-state index in [4.69, 9.17) is 0 Å². The Hall–Kier alpha value is -4.55. The van der Waals surface area contributed by atoms with Crippen molar-refractivity contribution in [1.29, 1.82) is 0 Å². The molecule has 3 aromatic rings. The molecule has 2 aliphatic heterocycles. The number of imide groups is 2. The first kappa shape index (κ1) is 30.1. The number of carbonyl (C=O) groups is 4. The fraction of sp³-hybridized carbons (Fsp3) is 0.273. The fourth-order valence-corrected chi connectivity index (χ4v) is 8.03. The summed E-state index contributed by atoms with van der Waals surface area (Å²) in [7, 11) is -3.61. The summed E-state index contributed by atoms with van der Waals surface area (Å²) in [6, 6.07) is 17.0. The normalized spacial score (nSPS) is 26.9. The molecule has 0 aromatic heterocycles. The fourth-order valence-electron chi connectivity index (χ4n) is 8.03. The quantitative estimate of drug-likeness (QED) is 0.151. The molecule has 0 spiro atoms. The van der Waals surface area contributed by atoms with Gasteiger partial charge in [0, 0.05) is 11.5 Å². The minimum atomic E-state index is -1.81. The molecule has 6 unspecified atom stereocenters. The van der Waals surface area contributed by atoms with Crippen LogP contribution in [0, 0.1) is 36.5 Å². The monoisotopic (exact) mass is 620 g/mol. The van der Waals surface area contributed by atoms with Crippen molar-refractivity contribution in [1.82, 2.24) is 0 Å². The number of carbonyl (C=O) groups excluding carboxylic acids is 4. The van der Waals surface area contributed by atoms with Crippen molar-refractivity contribution in [2.75, 3.05) is 9.80 Å². The second-order valence-corrected chi connectivity index (χ2v) is 12.5. The molecule has 3 aromatic carbocycles. The molecule has 4 amide bonds. The molecule has 46 heavy (non-hydrogen) atoms. The molecular weight excluding hydrogens is 590 g/mol. The number of aromatic hydroxyl groups is 1. The highest BCUT2D eigenvalue weighted by Gasteiger charge is 2.62. The molecule has 0 bridgehead atoms. The summed E-state index contributed by atoms with van der Waals surface area (Å²) >= 11 is 0. The summed E-state index contributed by atoms with van der Waals surface area (Å²) in [5, 5.41) is 50.1. The van der Waals surface area contributed by atoms with Gasteiger partial charge in [-0.25, -0.2) is 0 Å². The molecular formula is C33H30B2N2O9. The number of nitrogens with zero attached hydrogens (tertiary/aromatic N) is 2. The molecule has 3 fully saturated rings. The Bertz CT molecular complexity index is 1840. The number of anilines is 2. The van der Waals surface area contributed by atoms with Crippen molar-refractivity contribution in [3.63, 3.8) is 0 Å². The van der Waals surface area contributed by atoms with Crippen molar-refractivity contribution in [3.8, 4) is 5.75 Å². The smallest absolute Gasteiger partial charge is 0.488 e. The van der Waals surface area contributed by atoms with Crippen molar-refractivity contribution >= 4 is 60.2 Å². The van der Waals surface area contributed by atoms with Crippen molar-refractivity contribution in [2.24, 2.45) is 29.6 Å². The van der Waals surface area contributed by atoms with E-state index in [1.165, 1.54) is 42.5 Å². The first-order chi connectivity index (χ1) is 22.0. The number of allylic oxidation sites excluding steroid dienone is 2. The number of aryl methyl sites for hydroxylation is 1. The third kappa shape index (κ3) is 4.45. The summed E-state index contributed by atoms with van der Waals surface area (Å²) < 4.78 is 0. The molecule has 232 valence electrons. The van der Waals surface area contributed by atoms with Crippen LogP contribution in [0.4, 0.5) is 11.4 Å². The Labute approximate surface area is 264 Å². The van der Waals surface area contributed by atoms with Gasteiger partial charge in [-0.1, -0.05) is 54.1 Å². The van der Waals surface area contributed by atoms with E-state index >= 15 is 0 Å². The Kier molecular flexibility index (Phi) is 7.24. The maximum atomic E-state index is 14.3. The zero-order valence-corrected chi connectivity index (χ0v) is 24.7.